The second-order valence-corrected chi connectivity index (χ2v) is 5.57. The average Bonchev–Trinajstić information content (AvgIpc) is 2.33. The first kappa shape index (κ1) is 13.3. The van der Waals surface area contributed by atoms with Gasteiger partial charge >= 0.3 is 0 Å². The molecule has 0 saturated heterocycles. The van der Waals surface area contributed by atoms with E-state index in [-0.39, 0.29) is 7.34 Å². The maximum Gasteiger partial charge on any atom is 0.166 e. The molecule has 0 amide bonds. The first-order chi connectivity index (χ1) is 8.50. The zero-order valence-corrected chi connectivity index (χ0v) is 11.1. The third-order valence-electron chi connectivity index (χ3n) is 4.03. The smallest absolute Gasteiger partial charge is 0.166 e. The SMILES string of the molecule is C=C(C)c1ccc(C2CCC(C)CC2)c(F)c1F.[HH]. The molecule has 0 unspecified atom stereocenters. The van der Waals surface area contributed by atoms with Gasteiger partial charge in [0, 0.05) is 6.99 Å². The molecule has 1 aromatic rings. The standard InChI is InChI=1S/C16H20F2.H2/c1-10(2)13-8-9-14(16(18)15(13)17)12-6-4-11(3)5-7-12;/h8-9,11-12H,1,4-7H2,2-3H3;1H. The van der Waals surface area contributed by atoms with Crippen LogP contribution < -0.4 is 0 Å². The number of rotatable bonds is 2. The third-order valence-corrected chi connectivity index (χ3v) is 4.03. The van der Waals surface area contributed by atoms with Crippen LogP contribution in [0.5, 0.6) is 0 Å². The number of benzene rings is 1. The molecule has 0 N–H and O–H groups in total. The molecular formula is C16H22F2. The molecule has 0 heterocycles. The van der Waals surface area contributed by atoms with Crippen LogP contribution in [0.4, 0.5) is 8.78 Å². The normalized spacial score (nSPS) is 24.0. The molecule has 0 atom stereocenters. The van der Waals surface area contributed by atoms with E-state index in [4.69, 9.17) is 0 Å². The van der Waals surface area contributed by atoms with E-state index >= 15 is 0 Å². The van der Waals surface area contributed by atoms with Crippen LogP contribution in [-0.4, -0.2) is 0 Å². The van der Waals surface area contributed by atoms with Gasteiger partial charge in [0.2, 0.25) is 0 Å². The van der Waals surface area contributed by atoms with Crippen molar-refractivity contribution < 1.29 is 10.2 Å². The predicted molar refractivity (Wildman–Crippen MR) is 73.6 cm³/mol. The highest BCUT2D eigenvalue weighted by atomic mass is 19.2. The van der Waals surface area contributed by atoms with Crippen molar-refractivity contribution in [1.82, 2.24) is 0 Å². The summed E-state index contributed by atoms with van der Waals surface area (Å²) in [6, 6.07) is 3.40. The van der Waals surface area contributed by atoms with Crippen molar-refractivity contribution in [3.63, 3.8) is 0 Å². The Labute approximate surface area is 109 Å². The van der Waals surface area contributed by atoms with Crippen molar-refractivity contribution >= 4 is 5.57 Å². The van der Waals surface area contributed by atoms with Gasteiger partial charge in [-0.15, -0.1) is 0 Å². The molecule has 1 fully saturated rings. The Morgan fingerprint density at radius 1 is 1.17 bits per heavy atom. The molecule has 0 aliphatic heterocycles. The molecule has 1 aromatic carbocycles. The van der Waals surface area contributed by atoms with Crippen molar-refractivity contribution in [2.45, 2.75) is 45.4 Å². The molecule has 0 nitrogen and oxygen atoms in total. The van der Waals surface area contributed by atoms with Crippen molar-refractivity contribution in [3.05, 3.63) is 41.5 Å². The Balaban J connectivity index is 0.00000180. The van der Waals surface area contributed by atoms with Crippen molar-refractivity contribution in [2.75, 3.05) is 0 Å². The highest BCUT2D eigenvalue weighted by Crippen LogP contribution is 2.37. The van der Waals surface area contributed by atoms with Gasteiger partial charge < -0.3 is 0 Å². The van der Waals surface area contributed by atoms with Crippen LogP contribution in [0.25, 0.3) is 5.57 Å². The molecule has 0 bridgehead atoms. The first-order valence-corrected chi connectivity index (χ1v) is 6.64. The zero-order valence-electron chi connectivity index (χ0n) is 11.1. The molecule has 0 spiro atoms. The number of hydrogen-bond acceptors (Lipinski definition) is 0. The molecule has 18 heavy (non-hydrogen) atoms. The highest BCUT2D eigenvalue weighted by Gasteiger charge is 2.24. The highest BCUT2D eigenvalue weighted by molar-refractivity contribution is 5.62. The minimum atomic E-state index is -0.737. The molecular weight excluding hydrogens is 230 g/mol. The largest absolute Gasteiger partial charge is 0.203 e. The fraction of sp³-hybridized carbons (Fsp3) is 0.500. The van der Waals surface area contributed by atoms with Crippen LogP contribution in [0.2, 0.25) is 0 Å². The predicted octanol–water partition coefficient (Wildman–Crippen LogP) is 5.54. The van der Waals surface area contributed by atoms with Gasteiger partial charge in [-0.3, -0.25) is 0 Å². The summed E-state index contributed by atoms with van der Waals surface area (Å²) in [4.78, 5) is 0. The summed E-state index contributed by atoms with van der Waals surface area (Å²) >= 11 is 0. The maximum absolute atomic E-state index is 14.1. The van der Waals surface area contributed by atoms with Crippen LogP contribution in [0.1, 0.15) is 58.0 Å². The second-order valence-electron chi connectivity index (χ2n) is 5.57. The fourth-order valence-electron chi connectivity index (χ4n) is 2.78. The van der Waals surface area contributed by atoms with E-state index in [1.165, 1.54) is 0 Å². The van der Waals surface area contributed by atoms with Crippen LogP contribution in [0.15, 0.2) is 18.7 Å². The van der Waals surface area contributed by atoms with E-state index in [9.17, 15) is 8.78 Å². The molecule has 2 rings (SSSR count). The van der Waals surface area contributed by atoms with Gasteiger partial charge in [-0.25, -0.2) is 8.78 Å². The van der Waals surface area contributed by atoms with Gasteiger partial charge in [-0.05, 0) is 42.7 Å². The molecule has 1 aliphatic carbocycles. The van der Waals surface area contributed by atoms with E-state index in [1.807, 2.05) is 0 Å². The summed E-state index contributed by atoms with van der Waals surface area (Å²) in [7, 11) is 0. The lowest BCUT2D eigenvalue weighted by atomic mass is 9.79. The van der Waals surface area contributed by atoms with Gasteiger partial charge in [-0.2, -0.15) is 0 Å². The molecule has 1 saturated carbocycles. The zero-order chi connectivity index (χ0) is 13.3. The Morgan fingerprint density at radius 3 is 2.33 bits per heavy atom. The van der Waals surface area contributed by atoms with Gasteiger partial charge in [0.1, 0.15) is 0 Å². The Morgan fingerprint density at radius 2 is 1.78 bits per heavy atom. The van der Waals surface area contributed by atoms with E-state index < -0.39 is 11.6 Å². The van der Waals surface area contributed by atoms with E-state index in [0.717, 1.165) is 25.7 Å². The number of hydrogen-bond donors (Lipinski definition) is 0. The quantitative estimate of drug-likeness (QED) is 0.648. The Kier molecular flexibility index (Phi) is 3.84. The summed E-state index contributed by atoms with van der Waals surface area (Å²) in [5, 5.41) is 0. The average molecular weight is 252 g/mol. The van der Waals surface area contributed by atoms with E-state index in [2.05, 4.69) is 13.5 Å². The third kappa shape index (κ3) is 2.47. The summed E-state index contributed by atoms with van der Waals surface area (Å²) in [5.41, 5.74) is 1.40. The van der Waals surface area contributed by atoms with Crippen LogP contribution in [-0.2, 0) is 0 Å². The molecule has 1 aliphatic rings. The lowest BCUT2D eigenvalue weighted by Crippen LogP contribution is -2.13. The lowest BCUT2D eigenvalue weighted by molar-refractivity contribution is 0.339. The molecule has 0 radical (unpaired) electrons. The van der Waals surface area contributed by atoms with Crippen molar-refractivity contribution in [1.29, 1.82) is 0 Å². The minimum Gasteiger partial charge on any atom is -0.203 e. The van der Waals surface area contributed by atoms with Gasteiger partial charge in [0.05, 0.1) is 0 Å². The molecule has 0 aromatic heterocycles. The maximum atomic E-state index is 14.1. The Hall–Kier alpha value is -1.18. The monoisotopic (exact) mass is 252 g/mol. The molecule has 2 heteroatoms. The summed E-state index contributed by atoms with van der Waals surface area (Å²) in [6.07, 6.45) is 4.13. The molecule has 100 valence electrons. The Bertz CT molecular complexity index is 460. The van der Waals surface area contributed by atoms with Gasteiger partial charge in [-0.1, -0.05) is 38.5 Å². The fourth-order valence-corrected chi connectivity index (χ4v) is 2.78. The summed E-state index contributed by atoms with van der Waals surface area (Å²) in [6.45, 7) is 7.59. The topological polar surface area (TPSA) is 0 Å². The van der Waals surface area contributed by atoms with Crippen molar-refractivity contribution in [3.8, 4) is 0 Å². The summed E-state index contributed by atoms with van der Waals surface area (Å²) < 4.78 is 28.0. The van der Waals surface area contributed by atoms with Crippen LogP contribution in [0.3, 0.4) is 0 Å². The lowest BCUT2D eigenvalue weighted by Gasteiger charge is -2.27. The van der Waals surface area contributed by atoms with Crippen LogP contribution in [0, 0.1) is 17.6 Å². The van der Waals surface area contributed by atoms with Crippen molar-refractivity contribution in [2.24, 2.45) is 5.92 Å². The van der Waals surface area contributed by atoms with Gasteiger partial charge in [0.25, 0.3) is 0 Å². The van der Waals surface area contributed by atoms with E-state index in [1.54, 1.807) is 19.1 Å². The number of allylic oxidation sites excluding steroid dienone is 1. The van der Waals surface area contributed by atoms with Gasteiger partial charge in [0.15, 0.2) is 11.6 Å². The van der Waals surface area contributed by atoms with Crippen LogP contribution >= 0.6 is 0 Å². The first-order valence-electron chi connectivity index (χ1n) is 6.64. The summed E-state index contributed by atoms with van der Waals surface area (Å²) in [5.74, 6) is -0.521. The number of halogens is 2. The second kappa shape index (κ2) is 5.21. The minimum absolute atomic E-state index is 0. The van der Waals surface area contributed by atoms with E-state index in [0.29, 0.717) is 22.6 Å².